The van der Waals surface area contributed by atoms with Crippen LogP contribution < -0.4 is 5.32 Å². The highest BCUT2D eigenvalue weighted by molar-refractivity contribution is 6.31. The van der Waals surface area contributed by atoms with E-state index in [0.29, 0.717) is 54.3 Å². The molecule has 1 unspecified atom stereocenters. The first-order valence-corrected chi connectivity index (χ1v) is 11.2. The fourth-order valence-corrected chi connectivity index (χ4v) is 4.45. The largest absolute Gasteiger partial charge is 0.339 e. The minimum absolute atomic E-state index is 0.119. The van der Waals surface area contributed by atoms with E-state index in [2.05, 4.69) is 5.32 Å². The van der Waals surface area contributed by atoms with E-state index in [-0.39, 0.29) is 24.3 Å². The molecule has 0 aromatic heterocycles. The molecule has 3 amide bonds. The van der Waals surface area contributed by atoms with E-state index in [1.165, 1.54) is 24.3 Å². The van der Waals surface area contributed by atoms with Gasteiger partial charge in [-0.05, 0) is 68.1 Å². The zero-order valence-corrected chi connectivity index (χ0v) is 18.4. The van der Waals surface area contributed by atoms with Crippen molar-refractivity contribution >= 4 is 35.0 Å². The van der Waals surface area contributed by atoms with Gasteiger partial charge in [0.15, 0.2) is 0 Å². The smallest absolute Gasteiger partial charge is 0.255 e. The number of nitrogens with one attached hydrogen (secondary N) is 1. The second-order valence-corrected chi connectivity index (χ2v) is 8.71. The van der Waals surface area contributed by atoms with E-state index in [4.69, 9.17) is 11.6 Å². The van der Waals surface area contributed by atoms with E-state index in [9.17, 15) is 18.8 Å². The van der Waals surface area contributed by atoms with Crippen LogP contribution in [0.4, 0.5) is 10.1 Å². The van der Waals surface area contributed by atoms with Gasteiger partial charge in [-0.1, -0.05) is 11.6 Å². The average Bonchev–Trinajstić information content (AvgIpc) is 3.34. The molecule has 0 saturated carbocycles. The standard InChI is InChI=1S/C24H25ClFN3O3/c25-18-7-10-20(24(32)28-11-1-2-12-28)21(14-18)27-22(30)17-4-3-13-29(15-17)23(31)16-5-8-19(26)9-6-16/h5-10,14,17H,1-4,11-13,15H2,(H,27,30). The molecule has 0 radical (unpaired) electrons. The molecule has 1 atom stereocenters. The molecule has 0 spiro atoms. The highest BCUT2D eigenvalue weighted by atomic mass is 35.5. The van der Waals surface area contributed by atoms with Crippen molar-refractivity contribution in [3.8, 4) is 0 Å². The Hall–Kier alpha value is -2.93. The van der Waals surface area contributed by atoms with Gasteiger partial charge in [-0.15, -0.1) is 0 Å². The summed E-state index contributed by atoms with van der Waals surface area (Å²) in [5.74, 6) is -1.42. The minimum atomic E-state index is -0.415. The second kappa shape index (κ2) is 9.69. The first-order chi connectivity index (χ1) is 15.4. The number of halogens is 2. The fourth-order valence-electron chi connectivity index (χ4n) is 4.28. The third kappa shape index (κ3) is 4.93. The predicted octanol–water partition coefficient (Wildman–Crippen LogP) is 4.21. The Bertz CT molecular complexity index is 1020. The van der Waals surface area contributed by atoms with Crippen LogP contribution in [0, 0.1) is 11.7 Å². The summed E-state index contributed by atoms with van der Waals surface area (Å²) in [6, 6.07) is 10.3. The lowest BCUT2D eigenvalue weighted by atomic mass is 9.96. The molecule has 168 valence electrons. The SMILES string of the molecule is O=C(Nc1cc(Cl)ccc1C(=O)N1CCCC1)C1CCCN(C(=O)c2ccc(F)cc2)C1. The molecule has 2 fully saturated rings. The molecule has 2 aliphatic heterocycles. The van der Waals surface area contributed by atoms with E-state index in [0.717, 1.165) is 12.8 Å². The van der Waals surface area contributed by atoms with Gasteiger partial charge in [-0.25, -0.2) is 4.39 Å². The van der Waals surface area contributed by atoms with Gasteiger partial charge < -0.3 is 15.1 Å². The fraction of sp³-hybridized carbons (Fsp3) is 0.375. The van der Waals surface area contributed by atoms with E-state index in [1.807, 2.05) is 0 Å². The third-order valence-electron chi connectivity index (χ3n) is 6.03. The topological polar surface area (TPSA) is 69.7 Å². The van der Waals surface area contributed by atoms with Crippen LogP contribution in [0.1, 0.15) is 46.4 Å². The Morgan fingerprint density at radius 2 is 1.59 bits per heavy atom. The first-order valence-electron chi connectivity index (χ1n) is 10.9. The zero-order chi connectivity index (χ0) is 22.7. The van der Waals surface area contributed by atoms with Crippen molar-refractivity contribution < 1.29 is 18.8 Å². The lowest BCUT2D eigenvalue weighted by Gasteiger charge is -2.32. The Balaban J connectivity index is 1.46. The van der Waals surface area contributed by atoms with Gasteiger partial charge in [-0.2, -0.15) is 0 Å². The molecular formula is C24H25ClFN3O3. The Labute approximate surface area is 191 Å². The maximum atomic E-state index is 13.2. The van der Waals surface area contributed by atoms with E-state index in [1.54, 1.807) is 28.0 Å². The molecule has 0 bridgehead atoms. The molecule has 2 aromatic rings. The molecule has 2 aliphatic rings. The van der Waals surface area contributed by atoms with Gasteiger partial charge >= 0.3 is 0 Å². The summed E-state index contributed by atoms with van der Waals surface area (Å²) in [6.45, 7) is 2.21. The number of piperidine rings is 1. The monoisotopic (exact) mass is 457 g/mol. The summed E-state index contributed by atoms with van der Waals surface area (Å²) in [7, 11) is 0. The molecule has 2 aromatic carbocycles. The van der Waals surface area contributed by atoms with Crippen LogP contribution in [-0.4, -0.2) is 53.7 Å². The van der Waals surface area contributed by atoms with Crippen LogP contribution in [0.5, 0.6) is 0 Å². The molecule has 2 heterocycles. The van der Waals surface area contributed by atoms with Gasteiger partial charge in [0.2, 0.25) is 5.91 Å². The molecule has 1 N–H and O–H groups in total. The van der Waals surface area contributed by atoms with Crippen molar-refractivity contribution in [2.45, 2.75) is 25.7 Å². The average molecular weight is 458 g/mol. The summed E-state index contributed by atoms with van der Waals surface area (Å²) in [4.78, 5) is 42.1. The molecule has 0 aliphatic carbocycles. The summed E-state index contributed by atoms with van der Waals surface area (Å²) < 4.78 is 13.2. The van der Waals surface area contributed by atoms with Crippen LogP contribution in [0.3, 0.4) is 0 Å². The van der Waals surface area contributed by atoms with Crippen molar-refractivity contribution in [1.82, 2.24) is 9.80 Å². The lowest BCUT2D eigenvalue weighted by Crippen LogP contribution is -2.44. The van der Waals surface area contributed by atoms with Crippen molar-refractivity contribution in [3.63, 3.8) is 0 Å². The maximum Gasteiger partial charge on any atom is 0.255 e. The summed E-state index contributed by atoms with van der Waals surface area (Å²) in [6.07, 6.45) is 3.26. The predicted molar refractivity (Wildman–Crippen MR) is 120 cm³/mol. The third-order valence-corrected chi connectivity index (χ3v) is 6.27. The van der Waals surface area contributed by atoms with Crippen molar-refractivity contribution in [2.24, 2.45) is 5.92 Å². The number of nitrogens with zero attached hydrogens (tertiary/aromatic N) is 2. The van der Waals surface area contributed by atoms with Crippen LogP contribution in [0.25, 0.3) is 0 Å². The van der Waals surface area contributed by atoms with Crippen LogP contribution in [-0.2, 0) is 4.79 Å². The maximum absolute atomic E-state index is 13.2. The number of carbonyl (C=O) groups excluding carboxylic acids is 3. The zero-order valence-electron chi connectivity index (χ0n) is 17.7. The molecule has 2 saturated heterocycles. The number of rotatable bonds is 4. The van der Waals surface area contributed by atoms with Crippen LogP contribution in [0.15, 0.2) is 42.5 Å². The van der Waals surface area contributed by atoms with Gasteiger partial charge in [0.05, 0.1) is 17.2 Å². The number of anilines is 1. The Morgan fingerprint density at radius 3 is 2.31 bits per heavy atom. The van der Waals surface area contributed by atoms with E-state index < -0.39 is 11.7 Å². The molecule has 32 heavy (non-hydrogen) atoms. The van der Waals surface area contributed by atoms with Gasteiger partial charge in [0.25, 0.3) is 11.8 Å². The Kier molecular flexibility index (Phi) is 6.74. The van der Waals surface area contributed by atoms with Gasteiger partial charge in [0.1, 0.15) is 5.82 Å². The first kappa shape index (κ1) is 22.3. The Morgan fingerprint density at radius 1 is 0.906 bits per heavy atom. The summed E-state index contributed by atoms with van der Waals surface area (Å²) in [5.41, 5.74) is 1.20. The lowest BCUT2D eigenvalue weighted by molar-refractivity contribution is -0.121. The summed E-state index contributed by atoms with van der Waals surface area (Å²) >= 11 is 6.14. The molecule has 4 rings (SSSR count). The number of hydrogen-bond acceptors (Lipinski definition) is 3. The second-order valence-electron chi connectivity index (χ2n) is 8.28. The number of amides is 3. The van der Waals surface area contributed by atoms with Gasteiger partial charge in [-0.3, -0.25) is 14.4 Å². The minimum Gasteiger partial charge on any atom is -0.339 e. The highest BCUT2D eigenvalue weighted by Gasteiger charge is 2.30. The number of benzene rings is 2. The normalized spacial score (nSPS) is 18.5. The molecular weight excluding hydrogens is 433 g/mol. The number of carbonyl (C=O) groups is 3. The quantitative estimate of drug-likeness (QED) is 0.747. The number of likely N-dealkylation sites (tertiary alicyclic amines) is 2. The highest BCUT2D eigenvalue weighted by Crippen LogP contribution is 2.26. The van der Waals surface area contributed by atoms with Gasteiger partial charge in [0, 0.05) is 36.8 Å². The van der Waals surface area contributed by atoms with E-state index >= 15 is 0 Å². The molecule has 6 nitrogen and oxygen atoms in total. The van der Waals surface area contributed by atoms with Crippen molar-refractivity contribution in [1.29, 1.82) is 0 Å². The van der Waals surface area contributed by atoms with Crippen molar-refractivity contribution in [3.05, 3.63) is 64.4 Å². The van der Waals surface area contributed by atoms with Crippen molar-refractivity contribution in [2.75, 3.05) is 31.5 Å². The van der Waals surface area contributed by atoms with Crippen LogP contribution >= 0.6 is 11.6 Å². The molecule has 8 heteroatoms. The number of hydrogen-bond donors (Lipinski definition) is 1. The van der Waals surface area contributed by atoms with Crippen LogP contribution in [0.2, 0.25) is 5.02 Å². The summed E-state index contributed by atoms with van der Waals surface area (Å²) in [5, 5.41) is 3.30.